The van der Waals surface area contributed by atoms with Crippen molar-refractivity contribution >= 4 is 11.7 Å². The minimum absolute atomic E-state index is 0.101. The van der Waals surface area contributed by atoms with Gasteiger partial charge in [0.2, 0.25) is 0 Å². The molecule has 2 atom stereocenters. The molecular formula is C15H21FN4O. The summed E-state index contributed by atoms with van der Waals surface area (Å²) in [5.41, 5.74) is 5.90. The van der Waals surface area contributed by atoms with Crippen LogP contribution in [-0.4, -0.2) is 53.4 Å². The summed E-state index contributed by atoms with van der Waals surface area (Å²) in [4.78, 5) is 20.5. The van der Waals surface area contributed by atoms with Crippen LogP contribution in [0.5, 0.6) is 0 Å². The van der Waals surface area contributed by atoms with Gasteiger partial charge in [-0.25, -0.2) is 9.37 Å². The number of piperidine rings is 2. The van der Waals surface area contributed by atoms with Gasteiger partial charge in [0, 0.05) is 19.1 Å². The second-order valence-corrected chi connectivity index (χ2v) is 6.08. The molecule has 2 unspecified atom stereocenters. The average molecular weight is 292 g/mol. The molecule has 0 saturated carbocycles. The van der Waals surface area contributed by atoms with Crippen LogP contribution in [0.1, 0.15) is 29.6 Å². The van der Waals surface area contributed by atoms with Crippen LogP contribution in [0.3, 0.4) is 0 Å². The number of carbonyl (C=O) groups is 1. The number of likely N-dealkylation sites (tertiary alicyclic amines) is 2. The second-order valence-electron chi connectivity index (χ2n) is 6.08. The van der Waals surface area contributed by atoms with Gasteiger partial charge in [0.15, 0.2) is 0 Å². The molecule has 0 bridgehead atoms. The van der Waals surface area contributed by atoms with Crippen LogP contribution in [-0.2, 0) is 0 Å². The zero-order valence-corrected chi connectivity index (χ0v) is 12.3. The Morgan fingerprint density at radius 3 is 3.05 bits per heavy atom. The van der Waals surface area contributed by atoms with E-state index in [-0.39, 0.29) is 17.3 Å². The normalized spacial score (nSPS) is 26.5. The van der Waals surface area contributed by atoms with E-state index >= 15 is 0 Å². The van der Waals surface area contributed by atoms with Gasteiger partial charge in [-0.05, 0) is 44.8 Å². The number of halogens is 1. The molecule has 0 aromatic carbocycles. The molecule has 2 fully saturated rings. The molecular weight excluding hydrogens is 271 g/mol. The Hall–Kier alpha value is -1.69. The Labute approximate surface area is 123 Å². The maximum absolute atomic E-state index is 13.3. The molecule has 3 rings (SSSR count). The van der Waals surface area contributed by atoms with Crippen molar-refractivity contribution in [1.29, 1.82) is 0 Å². The predicted molar refractivity (Wildman–Crippen MR) is 78.3 cm³/mol. The van der Waals surface area contributed by atoms with E-state index in [2.05, 4.69) is 16.9 Å². The fourth-order valence-corrected chi connectivity index (χ4v) is 3.63. The van der Waals surface area contributed by atoms with E-state index in [0.29, 0.717) is 18.5 Å². The van der Waals surface area contributed by atoms with Crippen LogP contribution in [0.15, 0.2) is 12.3 Å². The van der Waals surface area contributed by atoms with E-state index in [1.54, 1.807) is 4.90 Å². The summed E-state index contributed by atoms with van der Waals surface area (Å²) in [6.07, 6.45) is 4.32. The fourth-order valence-electron chi connectivity index (χ4n) is 3.63. The van der Waals surface area contributed by atoms with E-state index in [4.69, 9.17) is 5.73 Å². The van der Waals surface area contributed by atoms with Crippen LogP contribution in [0.25, 0.3) is 0 Å². The Morgan fingerprint density at radius 2 is 2.24 bits per heavy atom. The van der Waals surface area contributed by atoms with Crippen molar-refractivity contribution in [2.24, 2.45) is 5.92 Å². The van der Waals surface area contributed by atoms with Crippen LogP contribution in [0.2, 0.25) is 0 Å². The molecule has 0 aliphatic carbocycles. The van der Waals surface area contributed by atoms with Crippen molar-refractivity contribution in [2.75, 3.05) is 32.4 Å². The Balaban J connectivity index is 1.76. The van der Waals surface area contributed by atoms with Crippen molar-refractivity contribution in [2.45, 2.75) is 25.3 Å². The predicted octanol–water partition coefficient (Wildman–Crippen LogP) is 1.36. The van der Waals surface area contributed by atoms with Crippen LogP contribution >= 0.6 is 0 Å². The van der Waals surface area contributed by atoms with Crippen LogP contribution < -0.4 is 5.73 Å². The summed E-state index contributed by atoms with van der Waals surface area (Å²) in [5.74, 6) is -0.125. The summed E-state index contributed by atoms with van der Waals surface area (Å²) in [6.45, 7) is 2.56. The van der Waals surface area contributed by atoms with Crippen LogP contribution in [0.4, 0.5) is 10.2 Å². The lowest BCUT2D eigenvalue weighted by molar-refractivity contribution is 0.0317. The summed E-state index contributed by atoms with van der Waals surface area (Å²) in [7, 11) is 2.16. The van der Waals surface area contributed by atoms with E-state index in [9.17, 15) is 9.18 Å². The molecule has 2 aliphatic heterocycles. The van der Waals surface area contributed by atoms with E-state index in [1.807, 2.05) is 0 Å². The van der Waals surface area contributed by atoms with Gasteiger partial charge in [0.1, 0.15) is 11.6 Å². The number of fused-ring (bicyclic) bond motifs is 1. The van der Waals surface area contributed by atoms with Gasteiger partial charge in [-0.2, -0.15) is 0 Å². The monoisotopic (exact) mass is 292 g/mol. The first kappa shape index (κ1) is 14.3. The first-order valence-corrected chi connectivity index (χ1v) is 7.47. The van der Waals surface area contributed by atoms with E-state index in [1.165, 1.54) is 12.5 Å². The standard InChI is InChI=1S/C15H21FN4O/c1-19-5-2-3-10-9-20(6-4-13(10)19)15(21)12-7-11(16)8-18-14(12)17/h7-8,10,13H,2-6,9H2,1H3,(H2,17,18). The van der Waals surface area contributed by atoms with Gasteiger partial charge in [0.05, 0.1) is 11.8 Å². The smallest absolute Gasteiger partial charge is 0.257 e. The van der Waals surface area contributed by atoms with E-state index < -0.39 is 5.82 Å². The number of anilines is 1. The molecule has 1 amide bonds. The summed E-state index contributed by atoms with van der Waals surface area (Å²) in [5, 5.41) is 0. The molecule has 2 aliphatic rings. The maximum atomic E-state index is 13.3. The number of nitrogens with two attached hydrogens (primary N) is 1. The summed E-state index contributed by atoms with van der Waals surface area (Å²) < 4.78 is 13.3. The first-order chi connectivity index (χ1) is 10.1. The molecule has 5 nitrogen and oxygen atoms in total. The Morgan fingerprint density at radius 1 is 1.43 bits per heavy atom. The van der Waals surface area contributed by atoms with Gasteiger partial charge in [-0.3, -0.25) is 4.79 Å². The Kier molecular flexibility index (Phi) is 3.80. The number of nitrogen functional groups attached to an aromatic ring is 1. The molecule has 1 aromatic heterocycles. The molecule has 0 spiro atoms. The van der Waals surface area contributed by atoms with Crippen molar-refractivity contribution in [3.8, 4) is 0 Å². The highest BCUT2D eigenvalue weighted by atomic mass is 19.1. The number of rotatable bonds is 1. The SMILES string of the molecule is CN1CCCC2CN(C(=O)c3cc(F)cnc3N)CCC21. The van der Waals surface area contributed by atoms with Crippen LogP contribution in [0, 0.1) is 11.7 Å². The minimum Gasteiger partial charge on any atom is -0.383 e. The maximum Gasteiger partial charge on any atom is 0.257 e. The zero-order chi connectivity index (χ0) is 15.0. The van der Waals surface area contributed by atoms with Crippen molar-refractivity contribution in [3.05, 3.63) is 23.6 Å². The molecule has 2 saturated heterocycles. The van der Waals surface area contributed by atoms with E-state index in [0.717, 1.165) is 32.1 Å². The third-order valence-corrected chi connectivity index (χ3v) is 4.75. The fraction of sp³-hybridized carbons (Fsp3) is 0.600. The second kappa shape index (κ2) is 5.60. The average Bonchev–Trinajstić information content (AvgIpc) is 2.49. The third kappa shape index (κ3) is 2.72. The number of hydrogen-bond donors (Lipinski definition) is 1. The van der Waals surface area contributed by atoms with Crippen molar-refractivity contribution < 1.29 is 9.18 Å². The molecule has 6 heteroatoms. The number of carbonyl (C=O) groups excluding carboxylic acids is 1. The summed E-state index contributed by atoms with van der Waals surface area (Å²) in [6, 6.07) is 1.75. The highest BCUT2D eigenvalue weighted by molar-refractivity contribution is 5.98. The number of amides is 1. The largest absolute Gasteiger partial charge is 0.383 e. The highest BCUT2D eigenvalue weighted by Crippen LogP contribution is 2.30. The van der Waals surface area contributed by atoms with Crippen molar-refractivity contribution in [3.63, 3.8) is 0 Å². The van der Waals surface area contributed by atoms with Gasteiger partial charge >= 0.3 is 0 Å². The Bertz CT molecular complexity index is 550. The van der Waals surface area contributed by atoms with Gasteiger partial charge in [-0.15, -0.1) is 0 Å². The molecule has 3 heterocycles. The van der Waals surface area contributed by atoms with Gasteiger partial charge in [0.25, 0.3) is 5.91 Å². The third-order valence-electron chi connectivity index (χ3n) is 4.75. The lowest BCUT2D eigenvalue weighted by Crippen LogP contribution is -2.54. The van der Waals surface area contributed by atoms with Crippen molar-refractivity contribution in [1.82, 2.24) is 14.8 Å². The molecule has 0 radical (unpaired) electrons. The lowest BCUT2D eigenvalue weighted by Gasteiger charge is -2.46. The zero-order valence-electron chi connectivity index (χ0n) is 12.3. The van der Waals surface area contributed by atoms with Gasteiger partial charge in [-0.1, -0.05) is 0 Å². The highest BCUT2D eigenvalue weighted by Gasteiger charge is 2.36. The molecule has 1 aromatic rings. The lowest BCUT2D eigenvalue weighted by atomic mass is 9.84. The molecule has 2 N–H and O–H groups in total. The number of pyridine rings is 1. The topological polar surface area (TPSA) is 62.5 Å². The summed E-state index contributed by atoms with van der Waals surface area (Å²) >= 11 is 0. The minimum atomic E-state index is -0.528. The first-order valence-electron chi connectivity index (χ1n) is 7.47. The quantitative estimate of drug-likeness (QED) is 0.849. The number of nitrogens with zero attached hydrogens (tertiary/aromatic N) is 3. The molecule has 114 valence electrons. The van der Waals surface area contributed by atoms with Gasteiger partial charge < -0.3 is 15.5 Å². The number of hydrogen-bond acceptors (Lipinski definition) is 4. The molecule has 21 heavy (non-hydrogen) atoms. The number of aromatic nitrogens is 1.